The number of halogens is 1. The number of oxazole rings is 1. The molecule has 0 bridgehead atoms. The standard InChI is InChI=1S/C26H24ClN3O2S/c1-4-15(2)17-10-12-23-22(13-17)28-25(32-23)18-9-11-20(27)21(14-18)29-26(33)30-24(31)19-8-6-5-7-16(19)3/h5-15H,4H2,1-3H3,(H2,29,30,31,33)/t15-/m1/s1. The number of rotatable bonds is 5. The van der Waals surface area contributed by atoms with Gasteiger partial charge in [0.1, 0.15) is 5.52 Å². The molecule has 0 unspecified atom stereocenters. The second-order valence-electron chi connectivity index (χ2n) is 7.97. The monoisotopic (exact) mass is 477 g/mol. The second-order valence-corrected chi connectivity index (χ2v) is 8.79. The molecular weight excluding hydrogens is 454 g/mol. The topological polar surface area (TPSA) is 67.2 Å². The van der Waals surface area contributed by atoms with Crippen molar-refractivity contribution in [2.75, 3.05) is 5.32 Å². The summed E-state index contributed by atoms with van der Waals surface area (Å²) in [6.45, 7) is 6.23. The normalized spacial score (nSPS) is 11.9. The third-order valence-corrected chi connectivity index (χ3v) is 6.21. The summed E-state index contributed by atoms with van der Waals surface area (Å²) < 4.78 is 5.97. The highest BCUT2D eigenvalue weighted by Crippen LogP contribution is 2.31. The summed E-state index contributed by atoms with van der Waals surface area (Å²) in [5, 5.41) is 6.31. The fourth-order valence-electron chi connectivity index (χ4n) is 3.52. The van der Waals surface area contributed by atoms with Crippen molar-refractivity contribution in [3.63, 3.8) is 0 Å². The average molecular weight is 478 g/mol. The Morgan fingerprint density at radius 1 is 1.15 bits per heavy atom. The Kier molecular flexibility index (Phi) is 6.77. The summed E-state index contributed by atoms with van der Waals surface area (Å²) in [5.74, 6) is 0.659. The van der Waals surface area contributed by atoms with Crippen LogP contribution >= 0.6 is 23.8 Å². The summed E-state index contributed by atoms with van der Waals surface area (Å²) in [6.07, 6.45) is 1.06. The number of aryl methyl sites for hydroxylation is 1. The van der Waals surface area contributed by atoms with Gasteiger partial charge in [0, 0.05) is 11.1 Å². The van der Waals surface area contributed by atoms with Crippen LogP contribution in [0.25, 0.3) is 22.6 Å². The molecule has 0 aliphatic heterocycles. The van der Waals surface area contributed by atoms with Gasteiger partial charge >= 0.3 is 0 Å². The lowest BCUT2D eigenvalue weighted by Gasteiger charge is -2.12. The molecule has 1 aromatic heterocycles. The predicted molar refractivity (Wildman–Crippen MR) is 138 cm³/mol. The molecule has 33 heavy (non-hydrogen) atoms. The van der Waals surface area contributed by atoms with E-state index in [2.05, 4.69) is 41.6 Å². The van der Waals surface area contributed by atoms with Gasteiger partial charge in [-0.05, 0) is 79.0 Å². The molecular formula is C26H24ClN3O2S. The maximum absolute atomic E-state index is 12.5. The highest BCUT2D eigenvalue weighted by Gasteiger charge is 2.15. The average Bonchev–Trinajstić information content (AvgIpc) is 3.23. The summed E-state index contributed by atoms with van der Waals surface area (Å²) in [4.78, 5) is 17.2. The van der Waals surface area contributed by atoms with Crippen molar-refractivity contribution < 1.29 is 9.21 Å². The van der Waals surface area contributed by atoms with Gasteiger partial charge < -0.3 is 9.73 Å². The Morgan fingerprint density at radius 2 is 1.94 bits per heavy atom. The van der Waals surface area contributed by atoms with Crippen molar-refractivity contribution in [2.45, 2.75) is 33.1 Å². The SMILES string of the molecule is CC[C@@H](C)c1ccc2oc(-c3ccc(Cl)c(NC(=S)NC(=O)c4ccccc4C)c3)nc2c1. The second kappa shape index (κ2) is 9.73. The van der Waals surface area contributed by atoms with Gasteiger partial charge in [0.05, 0.1) is 10.7 Å². The molecule has 0 aliphatic rings. The van der Waals surface area contributed by atoms with Gasteiger partial charge in [-0.3, -0.25) is 10.1 Å². The van der Waals surface area contributed by atoms with Gasteiger partial charge in [-0.1, -0.05) is 49.7 Å². The summed E-state index contributed by atoms with van der Waals surface area (Å²) >= 11 is 11.7. The molecule has 1 atom stereocenters. The first-order valence-corrected chi connectivity index (χ1v) is 11.5. The molecule has 1 amide bonds. The molecule has 0 saturated carbocycles. The largest absolute Gasteiger partial charge is 0.436 e. The molecule has 0 aliphatic carbocycles. The number of benzene rings is 3. The van der Waals surface area contributed by atoms with E-state index in [9.17, 15) is 4.79 Å². The molecule has 4 rings (SSSR count). The maximum Gasteiger partial charge on any atom is 0.257 e. The molecule has 4 aromatic rings. The Bertz CT molecular complexity index is 1350. The van der Waals surface area contributed by atoms with Crippen LogP contribution < -0.4 is 10.6 Å². The zero-order chi connectivity index (χ0) is 23.5. The van der Waals surface area contributed by atoms with Crippen LogP contribution in [0.2, 0.25) is 5.02 Å². The Hall–Kier alpha value is -3.22. The Morgan fingerprint density at radius 3 is 2.70 bits per heavy atom. The van der Waals surface area contributed by atoms with Crippen molar-refractivity contribution in [3.8, 4) is 11.5 Å². The maximum atomic E-state index is 12.5. The lowest BCUT2D eigenvalue weighted by atomic mass is 9.98. The molecule has 1 heterocycles. The van der Waals surface area contributed by atoms with Crippen molar-refractivity contribution in [1.29, 1.82) is 0 Å². The number of thiocarbonyl (C=S) groups is 1. The molecule has 0 fully saturated rings. The van der Waals surface area contributed by atoms with Gasteiger partial charge in [-0.25, -0.2) is 4.98 Å². The van der Waals surface area contributed by atoms with Crippen LogP contribution in [0.3, 0.4) is 0 Å². The minimum Gasteiger partial charge on any atom is -0.436 e. The minimum absolute atomic E-state index is 0.151. The number of hydrogen-bond acceptors (Lipinski definition) is 4. The minimum atomic E-state index is -0.283. The van der Waals surface area contributed by atoms with E-state index in [1.807, 2.05) is 37.3 Å². The fraction of sp³-hybridized carbons (Fsp3) is 0.192. The molecule has 2 N–H and O–H groups in total. The van der Waals surface area contributed by atoms with Crippen LogP contribution in [0.5, 0.6) is 0 Å². The Labute approximate surface area is 203 Å². The van der Waals surface area contributed by atoms with Crippen LogP contribution in [-0.2, 0) is 0 Å². The van der Waals surface area contributed by atoms with E-state index in [-0.39, 0.29) is 11.0 Å². The molecule has 7 heteroatoms. The summed E-state index contributed by atoms with van der Waals surface area (Å²) in [6, 6.07) is 18.8. The molecule has 0 spiro atoms. The lowest BCUT2D eigenvalue weighted by molar-refractivity contribution is 0.0977. The molecule has 168 valence electrons. The number of nitrogens with zero attached hydrogens (tertiary/aromatic N) is 1. The van der Waals surface area contributed by atoms with Crippen molar-refractivity contribution in [1.82, 2.24) is 10.3 Å². The highest BCUT2D eigenvalue weighted by molar-refractivity contribution is 7.80. The highest BCUT2D eigenvalue weighted by atomic mass is 35.5. The summed E-state index contributed by atoms with van der Waals surface area (Å²) in [7, 11) is 0. The van der Waals surface area contributed by atoms with E-state index in [4.69, 9.17) is 28.2 Å². The number of amides is 1. The summed E-state index contributed by atoms with van der Waals surface area (Å²) in [5.41, 5.74) is 5.49. The smallest absolute Gasteiger partial charge is 0.257 e. The van der Waals surface area contributed by atoms with Crippen molar-refractivity contribution in [2.24, 2.45) is 0 Å². The number of carbonyl (C=O) groups is 1. The fourth-order valence-corrected chi connectivity index (χ4v) is 3.88. The van der Waals surface area contributed by atoms with Gasteiger partial charge in [-0.2, -0.15) is 0 Å². The first-order valence-electron chi connectivity index (χ1n) is 10.7. The molecule has 3 aromatic carbocycles. The number of nitrogens with one attached hydrogen (secondary N) is 2. The zero-order valence-electron chi connectivity index (χ0n) is 18.6. The van der Waals surface area contributed by atoms with Crippen molar-refractivity contribution >= 4 is 51.6 Å². The van der Waals surface area contributed by atoms with E-state index in [0.29, 0.717) is 28.1 Å². The van der Waals surface area contributed by atoms with Gasteiger partial charge in [0.15, 0.2) is 10.7 Å². The number of carbonyl (C=O) groups excluding carboxylic acids is 1. The van der Waals surface area contributed by atoms with Crippen LogP contribution in [0.4, 0.5) is 5.69 Å². The van der Waals surface area contributed by atoms with Crippen LogP contribution in [0.15, 0.2) is 65.1 Å². The van der Waals surface area contributed by atoms with E-state index >= 15 is 0 Å². The lowest BCUT2D eigenvalue weighted by Crippen LogP contribution is -2.34. The number of anilines is 1. The molecule has 0 saturated heterocycles. The van der Waals surface area contributed by atoms with Gasteiger partial charge in [-0.15, -0.1) is 0 Å². The molecule has 5 nitrogen and oxygen atoms in total. The first kappa shape index (κ1) is 23.0. The van der Waals surface area contributed by atoms with Crippen LogP contribution in [0.1, 0.15) is 47.7 Å². The Balaban J connectivity index is 1.55. The van der Waals surface area contributed by atoms with Gasteiger partial charge in [0.2, 0.25) is 5.89 Å². The van der Waals surface area contributed by atoms with E-state index in [0.717, 1.165) is 28.6 Å². The quantitative estimate of drug-likeness (QED) is 0.300. The third kappa shape index (κ3) is 5.07. The van der Waals surface area contributed by atoms with Crippen LogP contribution in [0, 0.1) is 6.92 Å². The number of aromatic nitrogens is 1. The first-order chi connectivity index (χ1) is 15.9. The van der Waals surface area contributed by atoms with E-state index < -0.39 is 0 Å². The van der Waals surface area contributed by atoms with Crippen molar-refractivity contribution in [3.05, 3.63) is 82.4 Å². The van der Waals surface area contributed by atoms with E-state index in [1.54, 1.807) is 18.2 Å². The van der Waals surface area contributed by atoms with E-state index in [1.165, 1.54) is 5.56 Å². The molecule has 0 radical (unpaired) electrons. The predicted octanol–water partition coefficient (Wildman–Crippen LogP) is 7.10. The number of hydrogen-bond donors (Lipinski definition) is 2. The number of fused-ring (bicyclic) bond motifs is 1. The van der Waals surface area contributed by atoms with Crippen LogP contribution in [-0.4, -0.2) is 16.0 Å². The van der Waals surface area contributed by atoms with Gasteiger partial charge in [0.25, 0.3) is 5.91 Å². The zero-order valence-corrected chi connectivity index (χ0v) is 20.2. The third-order valence-electron chi connectivity index (χ3n) is 5.67.